The molecule has 0 atom stereocenters. The van der Waals surface area contributed by atoms with E-state index in [1.165, 1.54) is 0 Å². The Hall–Kier alpha value is -3.46. The van der Waals surface area contributed by atoms with Crippen LogP contribution in [0.1, 0.15) is 13.3 Å². The van der Waals surface area contributed by atoms with Crippen molar-refractivity contribution in [2.45, 2.75) is 13.3 Å². The van der Waals surface area contributed by atoms with Crippen LogP contribution in [0.2, 0.25) is 0 Å². The summed E-state index contributed by atoms with van der Waals surface area (Å²) in [5, 5.41) is 1.41. The van der Waals surface area contributed by atoms with E-state index in [9.17, 15) is 8.42 Å². The van der Waals surface area contributed by atoms with Gasteiger partial charge in [-0.2, -0.15) is 9.97 Å². The fraction of sp³-hybridized carbons (Fsp3) is 0.190. The molecule has 2 aromatic carbocycles. The predicted molar refractivity (Wildman–Crippen MR) is 116 cm³/mol. The summed E-state index contributed by atoms with van der Waals surface area (Å²) in [7, 11) is -3.51. The van der Waals surface area contributed by atoms with Crippen LogP contribution < -0.4 is 14.2 Å². The molecule has 9 heteroatoms. The molecule has 0 amide bonds. The summed E-state index contributed by atoms with van der Waals surface area (Å²) in [6, 6.07) is 14.6. The first-order chi connectivity index (χ1) is 14.4. The number of nitrogens with zero attached hydrogens (tertiary/aromatic N) is 3. The molecule has 4 aromatic rings. The molecule has 0 saturated heterocycles. The van der Waals surface area contributed by atoms with Gasteiger partial charge in [-0.25, -0.2) is 8.42 Å². The maximum atomic E-state index is 11.8. The van der Waals surface area contributed by atoms with Gasteiger partial charge in [0.25, 0.3) is 0 Å². The summed E-state index contributed by atoms with van der Waals surface area (Å²) in [4.78, 5) is 13.1. The quantitative estimate of drug-likeness (QED) is 0.476. The average molecular weight is 424 g/mol. The van der Waals surface area contributed by atoms with E-state index in [-0.39, 0.29) is 11.9 Å². The summed E-state index contributed by atoms with van der Waals surface area (Å²) in [5.74, 6) is 0.699. The van der Waals surface area contributed by atoms with E-state index in [2.05, 4.69) is 19.7 Å². The Morgan fingerprint density at radius 3 is 2.70 bits per heavy atom. The second kappa shape index (κ2) is 8.11. The van der Waals surface area contributed by atoms with Crippen LogP contribution in [0.25, 0.3) is 21.8 Å². The molecule has 2 aromatic heterocycles. The topological polar surface area (TPSA) is 103 Å². The Balaban J connectivity index is 1.85. The van der Waals surface area contributed by atoms with Crippen LogP contribution in [0.5, 0.6) is 17.6 Å². The van der Waals surface area contributed by atoms with Crippen LogP contribution >= 0.6 is 0 Å². The molecular weight excluding hydrogens is 404 g/mol. The van der Waals surface area contributed by atoms with Crippen molar-refractivity contribution >= 4 is 37.5 Å². The minimum absolute atomic E-state index is 0.162. The number of nitrogens with one attached hydrogen (secondary N) is 1. The van der Waals surface area contributed by atoms with Gasteiger partial charge in [-0.3, -0.25) is 9.71 Å². The second-order valence-corrected chi connectivity index (χ2v) is 8.44. The molecule has 0 saturated carbocycles. The summed E-state index contributed by atoms with van der Waals surface area (Å²) >= 11 is 0. The van der Waals surface area contributed by atoms with Crippen molar-refractivity contribution in [1.82, 2.24) is 15.0 Å². The molecule has 0 bridgehead atoms. The fourth-order valence-corrected chi connectivity index (χ4v) is 3.54. The highest BCUT2D eigenvalue weighted by Crippen LogP contribution is 2.35. The molecule has 0 radical (unpaired) electrons. The van der Waals surface area contributed by atoms with E-state index in [0.717, 1.165) is 23.6 Å². The molecule has 4 rings (SSSR count). The highest BCUT2D eigenvalue weighted by Gasteiger charge is 2.17. The second-order valence-electron chi connectivity index (χ2n) is 6.69. The number of hydrogen-bond acceptors (Lipinski definition) is 7. The van der Waals surface area contributed by atoms with Gasteiger partial charge < -0.3 is 9.47 Å². The number of pyridine rings is 1. The molecule has 1 N–H and O–H groups in total. The summed E-state index contributed by atoms with van der Waals surface area (Å²) in [5.41, 5.74) is 1.59. The third-order valence-electron chi connectivity index (χ3n) is 4.19. The summed E-state index contributed by atoms with van der Waals surface area (Å²) in [6.07, 6.45) is 3.58. The first-order valence-electron chi connectivity index (χ1n) is 9.37. The number of ether oxygens (including phenoxy) is 2. The van der Waals surface area contributed by atoms with Crippen LogP contribution in [-0.4, -0.2) is 36.2 Å². The van der Waals surface area contributed by atoms with E-state index in [4.69, 9.17) is 9.47 Å². The molecule has 0 aliphatic heterocycles. The van der Waals surface area contributed by atoms with E-state index >= 15 is 0 Å². The molecule has 0 aliphatic rings. The van der Waals surface area contributed by atoms with Gasteiger partial charge >= 0.3 is 6.01 Å². The number of aromatic nitrogens is 3. The van der Waals surface area contributed by atoms with Crippen LogP contribution in [0, 0.1) is 0 Å². The van der Waals surface area contributed by atoms with Crippen LogP contribution in [0.4, 0.5) is 5.69 Å². The molecule has 8 nitrogen and oxygen atoms in total. The molecule has 2 heterocycles. The average Bonchev–Trinajstić information content (AvgIpc) is 2.71. The molecule has 0 aliphatic carbocycles. The maximum absolute atomic E-state index is 11.8. The van der Waals surface area contributed by atoms with Gasteiger partial charge in [-0.15, -0.1) is 0 Å². The lowest BCUT2D eigenvalue weighted by Crippen LogP contribution is -2.10. The van der Waals surface area contributed by atoms with Crippen LogP contribution in [0.15, 0.2) is 54.7 Å². The van der Waals surface area contributed by atoms with Gasteiger partial charge in [-0.05, 0) is 36.8 Å². The lowest BCUT2D eigenvalue weighted by molar-refractivity contribution is 0.289. The zero-order valence-electron chi connectivity index (χ0n) is 16.5. The van der Waals surface area contributed by atoms with Gasteiger partial charge in [0.1, 0.15) is 5.75 Å². The largest absolute Gasteiger partial charge is 0.463 e. The van der Waals surface area contributed by atoms with E-state index in [0.29, 0.717) is 28.9 Å². The number of fused-ring (bicyclic) bond motifs is 2. The molecule has 0 fully saturated rings. The SMILES string of the molecule is CCCOc1nc(Oc2ccc3cccnc3c2)c2c(NS(C)(=O)=O)cccc2n1. The Bertz CT molecular complexity index is 1330. The Labute approximate surface area is 174 Å². The minimum atomic E-state index is -3.51. The van der Waals surface area contributed by atoms with Gasteiger partial charge in [0.05, 0.1) is 35.0 Å². The lowest BCUT2D eigenvalue weighted by atomic mass is 10.2. The van der Waals surface area contributed by atoms with E-state index < -0.39 is 10.0 Å². The van der Waals surface area contributed by atoms with Crippen molar-refractivity contribution in [2.24, 2.45) is 0 Å². The Morgan fingerprint density at radius 1 is 1.03 bits per heavy atom. The van der Waals surface area contributed by atoms with Crippen LogP contribution in [0.3, 0.4) is 0 Å². The van der Waals surface area contributed by atoms with Crippen molar-refractivity contribution in [3.63, 3.8) is 0 Å². The molecule has 0 unspecified atom stereocenters. The molecule has 154 valence electrons. The number of benzene rings is 2. The van der Waals surface area contributed by atoms with Crippen molar-refractivity contribution in [3.8, 4) is 17.6 Å². The van der Waals surface area contributed by atoms with Gasteiger partial charge in [0.15, 0.2) is 0 Å². The van der Waals surface area contributed by atoms with E-state index in [1.54, 1.807) is 36.5 Å². The van der Waals surface area contributed by atoms with Crippen molar-refractivity contribution < 1.29 is 17.9 Å². The first kappa shape index (κ1) is 19.8. The number of hydrogen-bond donors (Lipinski definition) is 1. The third kappa shape index (κ3) is 4.41. The molecule has 0 spiro atoms. The predicted octanol–water partition coefficient (Wildman–Crippen LogP) is 4.13. The Morgan fingerprint density at radius 2 is 1.90 bits per heavy atom. The third-order valence-corrected chi connectivity index (χ3v) is 4.78. The van der Waals surface area contributed by atoms with Gasteiger partial charge in [0, 0.05) is 17.6 Å². The summed E-state index contributed by atoms with van der Waals surface area (Å²) < 4.78 is 37.9. The lowest BCUT2D eigenvalue weighted by Gasteiger charge is -2.14. The van der Waals surface area contributed by atoms with Crippen molar-refractivity contribution in [2.75, 3.05) is 17.6 Å². The minimum Gasteiger partial charge on any atom is -0.463 e. The van der Waals surface area contributed by atoms with Crippen molar-refractivity contribution in [3.05, 3.63) is 54.7 Å². The normalized spacial score (nSPS) is 11.5. The smallest absolute Gasteiger partial charge is 0.320 e. The fourth-order valence-electron chi connectivity index (χ4n) is 2.97. The Kier molecular flexibility index (Phi) is 5.37. The first-order valence-corrected chi connectivity index (χ1v) is 11.3. The van der Waals surface area contributed by atoms with Crippen molar-refractivity contribution in [1.29, 1.82) is 0 Å². The standard InChI is InChI=1S/C21H20N4O4S/c1-3-12-28-21-23-16-7-4-8-17(25-30(2,26)27)19(16)20(24-21)29-15-10-9-14-6-5-11-22-18(14)13-15/h4-11,13,25H,3,12H2,1-2H3. The maximum Gasteiger partial charge on any atom is 0.320 e. The molecule has 30 heavy (non-hydrogen) atoms. The zero-order valence-corrected chi connectivity index (χ0v) is 17.3. The van der Waals surface area contributed by atoms with E-state index in [1.807, 2.05) is 25.1 Å². The molecular formula is C21H20N4O4S. The van der Waals surface area contributed by atoms with Crippen LogP contribution in [-0.2, 0) is 10.0 Å². The highest BCUT2D eigenvalue weighted by molar-refractivity contribution is 7.92. The van der Waals surface area contributed by atoms with Gasteiger partial charge in [0.2, 0.25) is 15.9 Å². The van der Waals surface area contributed by atoms with Gasteiger partial charge in [-0.1, -0.05) is 19.1 Å². The number of anilines is 1. The summed E-state index contributed by atoms with van der Waals surface area (Å²) in [6.45, 7) is 2.43. The zero-order chi connectivity index (χ0) is 21.1. The number of rotatable bonds is 7. The monoisotopic (exact) mass is 424 g/mol. The number of sulfonamides is 1. The highest BCUT2D eigenvalue weighted by atomic mass is 32.2.